The lowest BCUT2D eigenvalue weighted by molar-refractivity contribution is -0.164. The quantitative estimate of drug-likeness (QED) is 0.586. The number of ether oxygens (including phenoxy) is 1. The van der Waals surface area contributed by atoms with E-state index in [0.717, 1.165) is 5.56 Å². The zero-order chi connectivity index (χ0) is 20.7. The van der Waals surface area contributed by atoms with Gasteiger partial charge >= 0.3 is 5.97 Å². The van der Waals surface area contributed by atoms with Crippen molar-refractivity contribution in [2.75, 3.05) is 6.61 Å². The molecule has 2 N–H and O–H groups in total. The molecule has 0 heterocycles. The first kappa shape index (κ1) is 20.6. The molecule has 0 fully saturated rings. The molecule has 0 radical (unpaired) electrons. The van der Waals surface area contributed by atoms with Crippen LogP contribution < -0.4 is 5.32 Å². The molecule has 0 unspecified atom stereocenters. The van der Waals surface area contributed by atoms with Crippen LogP contribution in [0.1, 0.15) is 16.7 Å². The van der Waals surface area contributed by atoms with Crippen LogP contribution in [0.3, 0.4) is 0 Å². The van der Waals surface area contributed by atoms with Gasteiger partial charge < -0.3 is 15.2 Å². The molecule has 0 atom stereocenters. The van der Waals surface area contributed by atoms with Crippen LogP contribution in [0.5, 0.6) is 0 Å². The monoisotopic (exact) mass is 409 g/mol. The molecule has 3 aromatic carbocycles. The SMILES string of the molecule is O=C(COC(=O)C(O)(c1ccccc1)c1ccccc1)NCc1ccccc1Cl. The van der Waals surface area contributed by atoms with Gasteiger partial charge in [0, 0.05) is 11.6 Å². The molecule has 0 saturated carbocycles. The van der Waals surface area contributed by atoms with Crippen molar-refractivity contribution in [3.8, 4) is 0 Å². The zero-order valence-electron chi connectivity index (χ0n) is 15.5. The van der Waals surface area contributed by atoms with Crippen molar-refractivity contribution in [2.45, 2.75) is 12.1 Å². The van der Waals surface area contributed by atoms with Crippen LogP contribution in [-0.4, -0.2) is 23.6 Å². The van der Waals surface area contributed by atoms with Gasteiger partial charge in [-0.2, -0.15) is 0 Å². The molecule has 3 rings (SSSR count). The van der Waals surface area contributed by atoms with Crippen LogP contribution in [0.25, 0.3) is 0 Å². The third-order valence-corrected chi connectivity index (χ3v) is 4.82. The van der Waals surface area contributed by atoms with Gasteiger partial charge in [0.05, 0.1) is 0 Å². The number of aliphatic hydroxyl groups is 1. The Balaban J connectivity index is 1.69. The van der Waals surface area contributed by atoms with Gasteiger partial charge in [0.2, 0.25) is 5.60 Å². The van der Waals surface area contributed by atoms with Crippen LogP contribution in [0.15, 0.2) is 84.9 Å². The number of amides is 1. The maximum absolute atomic E-state index is 12.8. The standard InChI is InChI=1S/C23H20ClNO4/c24-20-14-8-7-9-17(20)15-25-21(26)16-29-22(27)23(28,18-10-3-1-4-11-18)19-12-5-2-6-13-19/h1-14,28H,15-16H2,(H,25,26). The fourth-order valence-corrected chi connectivity index (χ4v) is 3.09. The smallest absolute Gasteiger partial charge is 0.348 e. The molecular weight excluding hydrogens is 390 g/mol. The van der Waals surface area contributed by atoms with E-state index in [4.69, 9.17) is 16.3 Å². The van der Waals surface area contributed by atoms with E-state index >= 15 is 0 Å². The zero-order valence-corrected chi connectivity index (χ0v) is 16.3. The molecule has 0 bridgehead atoms. The number of carbonyl (C=O) groups excluding carboxylic acids is 2. The van der Waals surface area contributed by atoms with Gasteiger partial charge in [0.25, 0.3) is 5.91 Å². The van der Waals surface area contributed by atoms with Gasteiger partial charge in [0.1, 0.15) is 0 Å². The Labute approximate surface area is 173 Å². The predicted octanol–water partition coefficient (Wildman–Crippen LogP) is 3.44. The van der Waals surface area contributed by atoms with E-state index < -0.39 is 24.1 Å². The summed E-state index contributed by atoms with van der Waals surface area (Å²) < 4.78 is 5.16. The van der Waals surface area contributed by atoms with E-state index in [-0.39, 0.29) is 6.54 Å². The fourth-order valence-electron chi connectivity index (χ4n) is 2.88. The summed E-state index contributed by atoms with van der Waals surface area (Å²) >= 11 is 6.06. The number of nitrogens with one attached hydrogen (secondary N) is 1. The number of hydrogen-bond acceptors (Lipinski definition) is 4. The molecule has 0 aliphatic heterocycles. The number of benzene rings is 3. The van der Waals surface area contributed by atoms with Gasteiger partial charge in [-0.1, -0.05) is 90.5 Å². The largest absolute Gasteiger partial charge is 0.453 e. The molecule has 0 aliphatic rings. The molecule has 148 valence electrons. The Morgan fingerprint density at radius 1 is 0.862 bits per heavy atom. The number of esters is 1. The lowest BCUT2D eigenvalue weighted by Gasteiger charge is -2.27. The summed E-state index contributed by atoms with van der Waals surface area (Å²) in [6.45, 7) is -0.317. The van der Waals surface area contributed by atoms with Crippen molar-refractivity contribution in [2.24, 2.45) is 0 Å². The van der Waals surface area contributed by atoms with Gasteiger partial charge in [-0.3, -0.25) is 4.79 Å². The average Bonchev–Trinajstić information content (AvgIpc) is 2.77. The molecule has 0 aliphatic carbocycles. The number of hydrogen-bond donors (Lipinski definition) is 2. The van der Waals surface area contributed by atoms with Crippen molar-refractivity contribution < 1.29 is 19.4 Å². The van der Waals surface area contributed by atoms with E-state index in [1.165, 1.54) is 0 Å². The van der Waals surface area contributed by atoms with Crippen molar-refractivity contribution in [1.82, 2.24) is 5.32 Å². The maximum Gasteiger partial charge on any atom is 0.348 e. The summed E-state index contributed by atoms with van der Waals surface area (Å²) in [7, 11) is 0. The summed E-state index contributed by atoms with van der Waals surface area (Å²) in [5, 5.41) is 14.4. The summed E-state index contributed by atoms with van der Waals surface area (Å²) in [6, 6.07) is 24.1. The van der Waals surface area contributed by atoms with Crippen molar-refractivity contribution in [1.29, 1.82) is 0 Å². The molecule has 29 heavy (non-hydrogen) atoms. The Bertz CT molecular complexity index is 937. The molecule has 6 heteroatoms. The molecule has 5 nitrogen and oxygen atoms in total. The molecule has 1 amide bonds. The highest BCUT2D eigenvalue weighted by Gasteiger charge is 2.41. The van der Waals surface area contributed by atoms with E-state index in [1.54, 1.807) is 78.9 Å². The van der Waals surface area contributed by atoms with Gasteiger partial charge in [0.15, 0.2) is 6.61 Å². The molecule has 0 aromatic heterocycles. The van der Waals surface area contributed by atoms with Crippen LogP contribution in [0, 0.1) is 0 Å². The molecule has 3 aromatic rings. The van der Waals surface area contributed by atoms with Gasteiger partial charge in [-0.05, 0) is 22.8 Å². The minimum Gasteiger partial charge on any atom is -0.453 e. The normalized spacial score (nSPS) is 11.0. The highest BCUT2D eigenvalue weighted by Crippen LogP contribution is 2.31. The fraction of sp³-hybridized carbons (Fsp3) is 0.130. The Morgan fingerprint density at radius 2 is 1.38 bits per heavy atom. The minimum atomic E-state index is -2.02. The highest BCUT2D eigenvalue weighted by atomic mass is 35.5. The topological polar surface area (TPSA) is 75.6 Å². The Morgan fingerprint density at radius 3 is 1.93 bits per heavy atom. The van der Waals surface area contributed by atoms with E-state index in [9.17, 15) is 14.7 Å². The summed E-state index contributed by atoms with van der Waals surface area (Å²) in [5.41, 5.74) is -0.565. The first-order valence-corrected chi connectivity index (χ1v) is 9.40. The minimum absolute atomic E-state index is 0.206. The number of rotatable bonds is 7. The lowest BCUT2D eigenvalue weighted by Crippen LogP contribution is -2.40. The summed E-state index contributed by atoms with van der Waals surface area (Å²) in [6.07, 6.45) is 0. The van der Waals surface area contributed by atoms with E-state index in [1.807, 2.05) is 6.07 Å². The number of halogens is 1. The van der Waals surface area contributed by atoms with Crippen LogP contribution in [-0.2, 0) is 26.5 Å². The van der Waals surface area contributed by atoms with Gasteiger partial charge in [-0.25, -0.2) is 4.79 Å². The summed E-state index contributed by atoms with van der Waals surface area (Å²) in [5.74, 6) is -1.43. The van der Waals surface area contributed by atoms with Gasteiger partial charge in [-0.15, -0.1) is 0 Å². The summed E-state index contributed by atoms with van der Waals surface area (Å²) in [4.78, 5) is 24.9. The van der Waals surface area contributed by atoms with Crippen molar-refractivity contribution in [3.63, 3.8) is 0 Å². The highest BCUT2D eigenvalue weighted by molar-refractivity contribution is 6.31. The van der Waals surface area contributed by atoms with Crippen LogP contribution in [0.4, 0.5) is 0 Å². The second-order valence-electron chi connectivity index (χ2n) is 6.39. The Kier molecular flexibility index (Phi) is 6.65. The second kappa shape index (κ2) is 9.37. The predicted molar refractivity (Wildman–Crippen MR) is 110 cm³/mol. The first-order chi connectivity index (χ1) is 14.0. The maximum atomic E-state index is 12.8. The Hall–Kier alpha value is -3.15. The van der Waals surface area contributed by atoms with Crippen LogP contribution >= 0.6 is 11.6 Å². The molecule has 0 spiro atoms. The van der Waals surface area contributed by atoms with Crippen molar-refractivity contribution in [3.05, 3.63) is 107 Å². The van der Waals surface area contributed by atoms with E-state index in [0.29, 0.717) is 16.1 Å². The third-order valence-electron chi connectivity index (χ3n) is 4.45. The second-order valence-corrected chi connectivity index (χ2v) is 6.79. The first-order valence-electron chi connectivity index (χ1n) is 9.02. The van der Waals surface area contributed by atoms with Crippen LogP contribution in [0.2, 0.25) is 5.02 Å². The average molecular weight is 410 g/mol. The number of carbonyl (C=O) groups is 2. The molecule has 0 saturated heterocycles. The lowest BCUT2D eigenvalue weighted by atomic mass is 9.86. The van der Waals surface area contributed by atoms with Crippen molar-refractivity contribution >= 4 is 23.5 Å². The van der Waals surface area contributed by atoms with E-state index in [2.05, 4.69) is 5.32 Å². The third kappa shape index (κ3) is 4.83. The molecular formula is C23H20ClNO4.